The van der Waals surface area contributed by atoms with E-state index in [0.717, 1.165) is 0 Å². The number of aliphatic hydroxyl groups excluding tert-OH is 9. The maximum Gasteiger partial charge on any atom is 0.306 e. The summed E-state index contributed by atoms with van der Waals surface area (Å²) in [7, 11) is 1.50. The first kappa shape index (κ1) is 66.8. The SMILES string of the molecule is CO[C@@H]1C[C@H](O[C@H]2C[C@@H]3C[C@H](O)[C@@H](C)[C@](O)(C[C@H](O)CCCCCC(=O)O[C@H](C[C@@H](O)[C@H](C)[C@@H](O)[C@@H](C)[C@H](CC(C)C)O[C@H]4C[C@@H](O[C@H]5C[C@@H](O)[C@H](O)[C@@H](C)O5)[C@H](O)[C@@H](C)O4)[C@@H](C)\C=C/C=C\C=C/[C@@H](O)C2)O3)O[C@H](C)[C@H]1O. The lowest BCUT2D eigenvalue weighted by molar-refractivity contribution is -0.318. The summed E-state index contributed by atoms with van der Waals surface area (Å²) in [5.74, 6) is -4.52. The molecule has 2 bridgehead atoms. The van der Waals surface area contributed by atoms with Gasteiger partial charge < -0.3 is 93.7 Å². The lowest BCUT2D eigenvalue weighted by Crippen LogP contribution is -2.55. The molecule has 0 radical (unpaired) electrons. The van der Waals surface area contributed by atoms with Crippen molar-refractivity contribution in [1.29, 1.82) is 0 Å². The highest BCUT2D eigenvalue weighted by atomic mass is 16.7. The van der Waals surface area contributed by atoms with Gasteiger partial charge in [-0.2, -0.15) is 0 Å². The number of carbonyl (C=O) groups excluding carboxylic acids is 1. The molecule has 452 valence electrons. The number of methoxy groups -OCH3 is 1. The van der Waals surface area contributed by atoms with E-state index in [1.165, 1.54) is 7.11 Å². The second-order valence-electron chi connectivity index (χ2n) is 23.8. The van der Waals surface area contributed by atoms with Crippen molar-refractivity contribution in [3.8, 4) is 0 Å². The summed E-state index contributed by atoms with van der Waals surface area (Å²) in [5, 5.41) is 111. The molecule has 4 fully saturated rings. The van der Waals surface area contributed by atoms with Crippen LogP contribution in [0.5, 0.6) is 0 Å². The van der Waals surface area contributed by atoms with Gasteiger partial charge in [-0.1, -0.05) is 90.8 Å². The molecule has 0 saturated carbocycles. The molecule has 0 spiro atoms. The molecule has 5 aliphatic rings. The van der Waals surface area contributed by atoms with E-state index in [-0.39, 0.29) is 69.6 Å². The molecule has 5 rings (SSSR count). The number of hydrogen-bond acceptors (Lipinski definition) is 20. The molecule has 5 heterocycles. The summed E-state index contributed by atoms with van der Waals surface area (Å²) in [5.41, 5.74) is 0. The van der Waals surface area contributed by atoms with E-state index in [1.807, 2.05) is 33.8 Å². The summed E-state index contributed by atoms with van der Waals surface area (Å²) >= 11 is 0. The molecular formula is C58H100O20. The van der Waals surface area contributed by atoms with E-state index < -0.39 is 158 Å². The first-order chi connectivity index (χ1) is 36.8. The van der Waals surface area contributed by atoms with Crippen LogP contribution in [0.25, 0.3) is 0 Å². The van der Waals surface area contributed by atoms with Gasteiger partial charge in [-0.15, -0.1) is 0 Å². The van der Waals surface area contributed by atoms with E-state index >= 15 is 0 Å². The monoisotopic (exact) mass is 1120 g/mol. The zero-order valence-electron chi connectivity index (χ0n) is 47.9. The average Bonchev–Trinajstić information content (AvgIpc) is 3.39. The Labute approximate surface area is 463 Å². The van der Waals surface area contributed by atoms with E-state index in [4.69, 9.17) is 42.6 Å². The van der Waals surface area contributed by atoms with Gasteiger partial charge in [0.2, 0.25) is 0 Å². The normalized spacial score (nSPS) is 43.7. The second kappa shape index (κ2) is 31.6. The Kier molecular flexibility index (Phi) is 27.0. The Morgan fingerprint density at radius 3 is 1.95 bits per heavy atom. The van der Waals surface area contributed by atoms with Crippen LogP contribution in [0.15, 0.2) is 36.5 Å². The van der Waals surface area contributed by atoms with Gasteiger partial charge in [-0.3, -0.25) is 4.79 Å². The van der Waals surface area contributed by atoms with E-state index in [0.29, 0.717) is 32.1 Å². The fourth-order valence-electron chi connectivity index (χ4n) is 11.5. The van der Waals surface area contributed by atoms with Crippen LogP contribution in [-0.4, -0.2) is 199 Å². The van der Waals surface area contributed by atoms with Crippen LogP contribution in [0.4, 0.5) is 0 Å². The van der Waals surface area contributed by atoms with Crippen LogP contribution < -0.4 is 0 Å². The molecule has 0 aromatic heterocycles. The van der Waals surface area contributed by atoms with Gasteiger partial charge in [0.1, 0.15) is 24.4 Å². The zero-order chi connectivity index (χ0) is 57.6. The predicted octanol–water partition coefficient (Wildman–Crippen LogP) is 3.98. The molecule has 0 aliphatic carbocycles. The summed E-state index contributed by atoms with van der Waals surface area (Å²) < 4.78 is 54.9. The molecular weight excluding hydrogens is 1020 g/mol. The number of hydrogen-bond donors (Lipinski definition) is 10. The summed E-state index contributed by atoms with van der Waals surface area (Å²) in [6, 6.07) is 0. The molecule has 26 atom stereocenters. The number of carbonyl (C=O) groups is 1. The number of cyclic esters (lactones) is 1. The zero-order valence-corrected chi connectivity index (χ0v) is 47.9. The highest BCUT2D eigenvalue weighted by Gasteiger charge is 2.49. The van der Waals surface area contributed by atoms with E-state index in [1.54, 1.807) is 65.0 Å². The number of rotatable bonds is 15. The van der Waals surface area contributed by atoms with Crippen LogP contribution in [0.1, 0.15) is 152 Å². The maximum atomic E-state index is 13.5. The highest BCUT2D eigenvalue weighted by Crippen LogP contribution is 2.40. The number of fused-ring (bicyclic) bond motifs is 2. The maximum absolute atomic E-state index is 13.5. The highest BCUT2D eigenvalue weighted by molar-refractivity contribution is 5.69. The summed E-state index contributed by atoms with van der Waals surface area (Å²) in [6.07, 6.45) is -4.10. The number of aliphatic hydroxyl groups is 10. The molecule has 5 aliphatic heterocycles. The fourth-order valence-corrected chi connectivity index (χ4v) is 11.5. The molecule has 0 aromatic carbocycles. The van der Waals surface area contributed by atoms with Crippen molar-refractivity contribution in [3.05, 3.63) is 36.5 Å². The van der Waals surface area contributed by atoms with Gasteiger partial charge in [0.15, 0.2) is 24.7 Å². The molecule has 0 amide bonds. The van der Waals surface area contributed by atoms with Gasteiger partial charge in [0, 0.05) is 88.6 Å². The van der Waals surface area contributed by atoms with Gasteiger partial charge >= 0.3 is 5.97 Å². The number of esters is 1. The molecule has 20 heteroatoms. The third-order valence-electron chi connectivity index (χ3n) is 16.8. The average molecular weight is 1120 g/mol. The largest absolute Gasteiger partial charge is 0.462 e. The van der Waals surface area contributed by atoms with Gasteiger partial charge in [-0.05, 0) is 46.0 Å². The topological polar surface area (TPSA) is 302 Å². The van der Waals surface area contributed by atoms with Crippen molar-refractivity contribution >= 4 is 5.97 Å². The summed E-state index contributed by atoms with van der Waals surface area (Å²) in [6.45, 7) is 16.3. The van der Waals surface area contributed by atoms with Crippen molar-refractivity contribution < 1.29 is 98.5 Å². The van der Waals surface area contributed by atoms with Crippen LogP contribution >= 0.6 is 0 Å². The van der Waals surface area contributed by atoms with Crippen LogP contribution in [0.2, 0.25) is 0 Å². The van der Waals surface area contributed by atoms with Crippen molar-refractivity contribution in [2.24, 2.45) is 29.6 Å². The standard InChI is InChI=1S/C58H100O20/c1-31(2)22-47(76-53-29-49(57(68)38(9)73-53)77-51-27-45(63)55(66)36(7)71-51)34(5)54(65)33(4)43(61)26-46-32(3)18-14-11-12-15-19-39(59)23-41(74-52-28-48(70-10)56(67)37(8)72-52)24-42-25-44(62)35(6)58(69,78-42)30-40(60)20-16-13-17-21-50(64)75-46/h11-12,14-15,18-19,31-49,51-57,59-63,65-69H,13,16-17,20-30H2,1-10H3/b12-11-,18-14-,19-15-/t32-,33-,34-,35+,36+,37+,38+,39+,40+,41+,42+,43+,44-,45+,46+,47-,48+,49+,51-,52-,53-,54+,55+,56+,57+,58-/m0/s1. The molecule has 20 nitrogen and oxygen atoms in total. The minimum Gasteiger partial charge on any atom is -0.462 e. The van der Waals surface area contributed by atoms with Crippen molar-refractivity contribution in [2.75, 3.05) is 7.11 Å². The van der Waals surface area contributed by atoms with Crippen molar-refractivity contribution in [2.45, 2.75) is 287 Å². The third kappa shape index (κ3) is 19.8. The molecule has 78 heavy (non-hydrogen) atoms. The number of ether oxygens (including phenoxy) is 9. The second-order valence-corrected chi connectivity index (χ2v) is 23.8. The Hall–Kier alpha value is -2.03. The van der Waals surface area contributed by atoms with Crippen LogP contribution in [0.3, 0.4) is 0 Å². The molecule has 0 aromatic rings. The quantitative estimate of drug-likeness (QED) is 0.104. The predicted molar refractivity (Wildman–Crippen MR) is 286 cm³/mol. The minimum atomic E-state index is -1.87. The van der Waals surface area contributed by atoms with E-state index in [2.05, 4.69) is 0 Å². The van der Waals surface area contributed by atoms with Crippen LogP contribution in [0, 0.1) is 29.6 Å². The first-order valence-corrected chi connectivity index (χ1v) is 29.0. The van der Waals surface area contributed by atoms with Gasteiger partial charge in [0.05, 0.1) is 85.5 Å². The van der Waals surface area contributed by atoms with Gasteiger partial charge in [-0.25, -0.2) is 0 Å². The minimum absolute atomic E-state index is 0.00729. The van der Waals surface area contributed by atoms with Crippen LogP contribution in [-0.2, 0) is 47.4 Å². The Balaban J connectivity index is 1.27. The van der Waals surface area contributed by atoms with E-state index in [9.17, 15) is 55.9 Å². The smallest absolute Gasteiger partial charge is 0.306 e. The lowest BCUT2D eigenvalue weighted by atomic mass is 9.81. The Morgan fingerprint density at radius 1 is 0.679 bits per heavy atom. The Bertz CT molecular complexity index is 1830. The third-order valence-corrected chi connectivity index (χ3v) is 16.8. The van der Waals surface area contributed by atoms with Crippen molar-refractivity contribution in [1.82, 2.24) is 0 Å². The first-order valence-electron chi connectivity index (χ1n) is 29.0. The Morgan fingerprint density at radius 2 is 1.29 bits per heavy atom. The molecule has 0 unspecified atom stereocenters. The molecule has 10 N–H and O–H groups in total. The molecule has 4 saturated heterocycles. The number of allylic oxidation sites excluding steroid dienone is 4. The lowest BCUT2D eigenvalue weighted by Gasteiger charge is -2.46. The summed E-state index contributed by atoms with van der Waals surface area (Å²) in [4.78, 5) is 13.5. The van der Waals surface area contributed by atoms with Gasteiger partial charge in [0.25, 0.3) is 0 Å². The fraction of sp³-hybridized carbons (Fsp3) is 0.879. The van der Waals surface area contributed by atoms with Crippen molar-refractivity contribution in [3.63, 3.8) is 0 Å².